The molecule has 3 aliphatic carbocycles. The summed E-state index contributed by atoms with van der Waals surface area (Å²) < 4.78 is 21.0. The number of esters is 1. The number of likely N-dealkylation sites (N-methyl/N-ethyl adjacent to an activating group) is 1. The van der Waals surface area contributed by atoms with E-state index in [4.69, 9.17) is 19.0 Å². The van der Waals surface area contributed by atoms with Gasteiger partial charge in [0.05, 0.1) is 13.2 Å². The second-order valence-corrected chi connectivity index (χ2v) is 15.0. The van der Waals surface area contributed by atoms with Crippen LogP contribution in [-0.4, -0.2) is 95.3 Å². The molecule has 0 radical (unpaired) electrons. The van der Waals surface area contributed by atoms with Crippen molar-refractivity contribution in [1.82, 2.24) is 15.3 Å². The van der Waals surface area contributed by atoms with Gasteiger partial charge < -0.3 is 29.5 Å². The van der Waals surface area contributed by atoms with Crippen LogP contribution in [0.1, 0.15) is 43.2 Å². The predicted octanol–water partition coefficient (Wildman–Crippen LogP) is 2.57. The molecule has 3 saturated carbocycles. The summed E-state index contributed by atoms with van der Waals surface area (Å²) in [5.41, 5.74) is 0.451. The number of hydrogen-bond donors (Lipinski definition) is 2. The minimum Gasteiger partial charge on any atom is -0.458 e. The minimum absolute atomic E-state index is 0.0584. The molecule has 7 atom stereocenters. The Bertz CT molecular complexity index is 1540. The number of carbonyl (C=O) groups excluding carboxylic acids is 3. The lowest BCUT2D eigenvalue weighted by atomic mass is 9.62. The summed E-state index contributed by atoms with van der Waals surface area (Å²) in [7, 11) is 1.62. The lowest BCUT2D eigenvalue weighted by Crippen LogP contribution is -2.70. The molecule has 3 aliphatic heterocycles. The Labute approximate surface area is 287 Å². The quantitative estimate of drug-likeness (QED) is 0.263. The van der Waals surface area contributed by atoms with Crippen molar-refractivity contribution in [2.45, 2.75) is 87.4 Å². The lowest BCUT2D eigenvalue weighted by Gasteiger charge is -2.50. The van der Waals surface area contributed by atoms with E-state index in [2.05, 4.69) is 27.9 Å². The number of aliphatic hydroxyl groups excluding tert-OH is 1. The molecule has 8 rings (SSSR count). The number of halogens is 1. The predicted molar refractivity (Wildman–Crippen MR) is 175 cm³/mol. The van der Waals surface area contributed by atoms with Crippen LogP contribution in [0.25, 0.3) is 0 Å². The summed E-state index contributed by atoms with van der Waals surface area (Å²) >= 11 is 2.26. The topological polar surface area (TPSA) is 127 Å². The highest BCUT2D eigenvalue weighted by molar-refractivity contribution is 14.1. The van der Waals surface area contributed by atoms with E-state index in [0.29, 0.717) is 0 Å². The summed E-state index contributed by atoms with van der Waals surface area (Å²) in [5.74, 6) is -1.48. The van der Waals surface area contributed by atoms with Gasteiger partial charge in [0.2, 0.25) is 11.8 Å². The first-order chi connectivity index (χ1) is 22.8. The average Bonchev–Trinajstić information content (AvgIpc) is 4.02. The Hall–Kier alpha value is -2.62. The van der Waals surface area contributed by atoms with Crippen molar-refractivity contribution in [2.24, 2.45) is 17.3 Å². The monoisotopic (exact) mass is 757 g/mol. The van der Waals surface area contributed by atoms with Gasteiger partial charge in [0.1, 0.15) is 35.9 Å². The van der Waals surface area contributed by atoms with Crippen molar-refractivity contribution in [2.75, 3.05) is 20.2 Å². The lowest BCUT2D eigenvalue weighted by molar-refractivity contribution is -0.235. The van der Waals surface area contributed by atoms with Gasteiger partial charge in [-0.15, -0.1) is 0 Å². The Kier molecular flexibility index (Phi) is 8.12. The molecule has 6 fully saturated rings. The number of ether oxygens (including phenoxy) is 3. The maximum absolute atomic E-state index is 15.2. The maximum atomic E-state index is 15.2. The number of amides is 2. The molecule has 12 heteroatoms. The second kappa shape index (κ2) is 12.1. The third-order valence-electron chi connectivity index (χ3n) is 10.9. The highest BCUT2D eigenvalue weighted by atomic mass is 127. The largest absolute Gasteiger partial charge is 0.458 e. The van der Waals surface area contributed by atoms with Crippen molar-refractivity contribution in [3.05, 3.63) is 69.3 Å². The fourth-order valence-electron chi connectivity index (χ4n) is 8.45. The molecule has 2 bridgehead atoms. The third-order valence-corrected chi connectivity index (χ3v) is 12.0. The summed E-state index contributed by atoms with van der Waals surface area (Å²) in [6.07, 6.45) is 1.84. The number of benzene rings is 2. The van der Waals surface area contributed by atoms with E-state index in [1.54, 1.807) is 12.1 Å². The summed E-state index contributed by atoms with van der Waals surface area (Å²) in [5, 5.41) is 13.8. The summed E-state index contributed by atoms with van der Waals surface area (Å²) in [6, 6.07) is 15.4. The van der Waals surface area contributed by atoms with E-state index in [1.165, 1.54) is 4.90 Å². The van der Waals surface area contributed by atoms with Crippen LogP contribution in [0.3, 0.4) is 0 Å². The van der Waals surface area contributed by atoms with Crippen LogP contribution in [-0.2, 0) is 46.4 Å². The smallest absolute Gasteiger partial charge is 0.327 e. The number of carbonyl (C=O) groups is 3. The molecular formula is C35H40IN3O8. The molecule has 2 N–H and O–H groups in total. The first kappa shape index (κ1) is 31.6. The zero-order valence-corrected chi connectivity index (χ0v) is 28.4. The van der Waals surface area contributed by atoms with E-state index in [9.17, 15) is 14.7 Å². The molecule has 3 heterocycles. The van der Waals surface area contributed by atoms with Crippen LogP contribution in [0.15, 0.2) is 54.6 Å². The van der Waals surface area contributed by atoms with Crippen LogP contribution in [0.2, 0.25) is 0 Å². The number of aliphatic hydroxyl groups is 1. The zero-order chi connectivity index (χ0) is 32.5. The number of nitrogens with zero attached hydrogens (tertiary/aromatic N) is 2. The van der Waals surface area contributed by atoms with Crippen LogP contribution < -0.4 is 5.32 Å². The van der Waals surface area contributed by atoms with Gasteiger partial charge in [-0.3, -0.25) is 19.2 Å². The van der Waals surface area contributed by atoms with E-state index in [1.807, 2.05) is 54.6 Å². The zero-order valence-electron chi connectivity index (χ0n) is 26.3. The highest BCUT2D eigenvalue weighted by Gasteiger charge is 2.78. The molecule has 11 nitrogen and oxygen atoms in total. The van der Waals surface area contributed by atoms with Crippen LogP contribution in [0.4, 0.5) is 0 Å². The molecule has 0 spiro atoms. The molecule has 3 saturated heterocycles. The van der Waals surface area contributed by atoms with Gasteiger partial charge in [-0.1, -0.05) is 48.5 Å². The average molecular weight is 758 g/mol. The molecule has 47 heavy (non-hydrogen) atoms. The number of nitrogens with one attached hydrogen (secondary N) is 1. The normalized spacial score (nSPS) is 32.7. The minimum atomic E-state index is -1.38. The van der Waals surface area contributed by atoms with Gasteiger partial charge in [-0.05, 0) is 65.5 Å². The molecule has 6 aliphatic rings. The van der Waals surface area contributed by atoms with Crippen molar-refractivity contribution >= 4 is 40.4 Å². The van der Waals surface area contributed by atoms with Gasteiger partial charge in [-0.25, -0.2) is 0 Å². The van der Waals surface area contributed by atoms with Gasteiger partial charge >= 0.3 is 5.97 Å². The first-order valence-electron chi connectivity index (χ1n) is 16.7. The van der Waals surface area contributed by atoms with Crippen molar-refractivity contribution in [1.29, 1.82) is 0 Å². The van der Waals surface area contributed by atoms with E-state index in [-0.39, 0.29) is 56.2 Å². The van der Waals surface area contributed by atoms with Gasteiger partial charge in [0, 0.05) is 41.8 Å². The van der Waals surface area contributed by atoms with Crippen LogP contribution in [0, 0.1) is 20.8 Å². The van der Waals surface area contributed by atoms with Gasteiger partial charge in [0.25, 0.3) is 0 Å². The van der Waals surface area contributed by atoms with E-state index < -0.39 is 53.7 Å². The molecule has 0 aromatic heterocycles. The van der Waals surface area contributed by atoms with E-state index in [0.717, 1.165) is 40.4 Å². The summed E-state index contributed by atoms with van der Waals surface area (Å²) in [6.45, 7) is 0.0923. The Morgan fingerprint density at radius 3 is 2.40 bits per heavy atom. The van der Waals surface area contributed by atoms with Crippen molar-refractivity contribution in [3.63, 3.8) is 0 Å². The van der Waals surface area contributed by atoms with Gasteiger partial charge in [0.15, 0.2) is 11.8 Å². The maximum Gasteiger partial charge on any atom is 0.327 e. The van der Waals surface area contributed by atoms with Crippen LogP contribution in [0.5, 0.6) is 0 Å². The van der Waals surface area contributed by atoms with Crippen molar-refractivity contribution in [3.8, 4) is 0 Å². The number of rotatable bonds is 11. The summed E-state index contributed by atoms with van der Waals surface area (Å²) in [4.78, 5) is 51.3. The molecule has 250 valence electrons. The number of hydroxylamine groups is 2. The molecule has 7 unspecified atom stereocenters. The first-order valence-corrected chi connectivity index (χ1v) is 17.8. The van der Waals surface area contributed by atoms with Crippen LogP contribution >= 0.6 is 22.6 Å². The Morgan fingerprint density at radius 2 is 1.72 bits per heavy atom. The Morgan fingerprint density at radius 1 is 1.04 bits per heavy atom. The molecule has 2 amide bonds. The standard InChI is InChI=1S/C35H40IN3O8/c1-38(25(31(41)37-15-16-40)17-20-7-3-2-4-8-20)33(43)34-18-26-27-28(46-35(45-27,22-11-12-22)23-13-14-23)30(34)47-39(29(34)32(42)44-26)19-21-9-5-6-10-24(21)36/h2-10,22-23,25-30,40H,11-19H2,1H3,(H,37,41). The van der Waals surface area contributed by atoms with Crippen molar-refractivity contribution < 1.29 is 38.5 Å². The number of fused-ring (bicyclic) bond motifs is 4. The molecule has 2 aromatic rings. The molecular weight excluding hydrogens is 717 g/mol. The second-order valence-electron chi connectivity index (χ2n) is 13.9. The third kappa shape index (κ3) is 5.21. The fraction of sp³-hybridized carbons (Fsp3) is 0.571. The highest BCUT2D eigenvalue weighted by Crippen LogP contribution is 2.64. The number of hydrogen-bond acceptors (Lipinski definition) is 9. The van der Waals surface area contributed by atoms with E-state index >= 15 is 4.79 Å². The fourth-order valence-corrected chi connectivity index (χ4v) is 9.01. The molecule has 2 aromatic carbocycles. The SMILES string of the molecule is CN(C(=O)C12CC3OC(=O)C1N(Cc1ccccc1I)OC2C1OC(C2CC2)(C2CC2)OC31)C(Cc1ccccc1)C(=O)NCCO. The Balaban J connectivity index is 1.19. The van der Waals surface area contributed by atoms with Gasteiger partial charge in [-0.2, -0.15) is 5.06 Å².